The van der Waals surface area contributed by atoms with Crippen LogP contribution >= 0.6 is 24.0 Å². The van der Waals surface area contributed by atoms with Crippen molar-refractivity contribution < 1.29 is 9.47 Å². The van der Waals surface area contributed by atoms with Crippen LogP contribution in [0.5, 0.6) is 0 Å². The molecule has 1 unspecified atom stereocenters. The van der Waals surface area contributed by atoms with Gasteiger partial charge < -0.3 is 20.1 Å². The smallest absolute Gasteiger partial charge is 0.190 e. The molecule has 1 fully saturated rings. The van der Waals surface area contributed by atoms with E-state index in [4.69, 9.17) is 9.47 Å². The van der Waals surface area contributed by atoms with Gasteiger partial charge in [0.2, 0.25) is 0 Å². The maximum atomic E-state index is 5.76. The number of nitrogens with zero attached hydrogens (tertiary/aromatic N) is 3. The van der Waals surface area contributed by atoms with Gasteiger partial charge in [-0.3, -0.25) is 4.99 Å². The molecule has 0 bridgehead atoms. The number of ether oxygens (including phenoxy) is 2. The Labute approximate surface area is 183 Å². The van der Waals surface area contributed by atoms with Crippen molar-refractivity contribution in [2.45, 2.75) is 25.4 Å². The van der Waals surface area contributed by atoms with Gasteiger partial charge >= 0.3 is 0 Å². The van der Waals surface area contributed by atoms with Gasteiger partial charge in [-0.05, 0) is 43.0 Å². The van der Waals surface area contributed by atoms with Gasteiger partial charge in [-0.1, -0.05) is 12.1 Å². The molecule has 0 radical (unpaired) electrons. The molecule has 1 aromatic carbocycles. The summed E-state index contributed by atoms with van der Waals surface area (Å²) in [4.78, 5) is 4.26. The van der Waals surface area contributed by atoms with Crippen molar-refractivity contribution >= 4 is 29.9 Å². The Morgan fingerprint density at radius 1 is 1.29 bits per heavy atom. The predicted octanol–water partition coefficient (Wildman–Crippen LogP) is 2.39. The summed E-state index contributed by atoms with van der Waals surface area (Å²) in [5.41, 5.74) is 2.35. The fraction of sp³-hybridized carbons (Fsp3) is 0.500. The molecule has 2 aromatic rings. The molecule has 154 valence electrons. The quantitative estimate of drug-likeness (QED) is 0.240. The molecule has 0 amide bonds. The van der Waals surface area contributed by atoms with Crippen molar-refractivity contribution in [3.63, 3.8) is 0 Å². The number of aromatic nitrogens is 2. The molecule has 1 aromatic heterocycles. The summed E-state index contributed by atoms with van der Waals surface area (Å²) in [6.07, 6.45) is 6.91. The monoisotopic (exact) mass is 499 g/mol. The fourth-order valence-corrected chi connectivity index (χ4v) is 2.96. The Bertz CT molecular complexity index is 685. The van der Waals surface area contributed by atoms with Gasteiger partial charge in [-0.15, -0.1) is 24.0 Å². The van der Waals surface area contributed by atoms with Crippen LogP contribution in [0.1, 0.15) is 18.4 Å². The standard InChI is InChI=1S/C20H29N5O2.HI/c1-21-20(22-10-3-14-27-19-9-15-26-16-19)23-12-8-17-4-6-18(7-5-17)25-13-2-11-24-25;/h2,4-7,11,13,19H,3,8-10,12,14-16H2,1H3,(H2,21,22,23);1H. The van der Waals surface area contributed by atoms with E-state index in [1.807, 2.05) is 16.9 Å². The molecule has 2 N–H and O–H groups in total. The van der Waals surface area contributed by atoms with Crippen LogP contribution in [0.3, 0.4) is 0 Å². The van der Waals surface area contributed by atoms with Crippen LogP contribution in [0, 0.1) is 0 Å². The Morgan fingerprint density at radius 2 is 2.11 bits per heavy atom. The fourth-order valence-electron chi connectivity index (χ4n) is 2.96. The van der Waals surface area contributed by atoms with Crippen LogP contribution in [0.2, 0.25) is 0 Å². The molecular formula is C20H30IN5O2. The summed E-state index contributed by atoms with van der Waals surface area (Å²) in [5.74, 6) is 0.826. The first-order valence-electron chi connectivity index (χ1n) is 9.58. The maximum absolute atomic E-state index is 5.76. The first-order chi connectivity index (χ1) is 13.3. The van der Waals surface area contributed by atoms with Gasteiger partial charge in [0.05, 0.1) is 18.4 Å². The third-order valence-electron chi connectivity index (χ3n) is 4.49. The maximum Gasteiger partial charge on any atom is 0.190 e. The largest absolute Gasteiger partial charge is 0.379 e. The molecule has 0 spiro atoms. The second-order valence-electron chi connectivity index (χ2n) is 6.50. The molecule has 0 saturated carbocycles. The van der Waals surface area contributed by atoms with E-state index in [9.17, 15) is 0 Å². The average molecular weight is 499 g/mol. The SMILES string of the molecule is CN=C(NCCCOC1CCOC1)NCCc1ccc(-n2cccn2)cc1.I. The van der Waals surface area contributed by atoms with E-state index in [2.05, 4.69) is 45.0 Å². The van der Waals surface area contributed by atoms with Crippen LogP contribution in [0.4, 0.5) is 0 Å². The number of hydrogen-bond acceptors (Lipinski definition) is 4. The second-order valence-corrected chi connectivity index (χ2v) is 6.50. The number of hydrogen-bond donors (Lipinski definition) is 2. The molecule has 1 saturated heterocycles. The minimum Gasteiger partial charge on any atom is -0.379 e. The lowest BCUT2D eigenvalue weighted by atomic mass is 10.1. The first-order valence-corrected chi connectivity index (χ1v) is 9.58. The van der Waals surface area contributed by atoms with Gasteiger partial charge in [0, 0.05) is 45.7 Å². The number of rotatable bonds is 9. The summed E-state index contributed by atoms with van der Waals surface area (Å²) in [6, 6.07) is 10.4. The van der Waals surface area contributed by atoms with E-state index in [0.717, 1.165) is 63.8 Å². The first kappa shape index (κ1) is 22.6. The van der Waals surface area contributed by atoms with Crippen molar-refractivity contribution in [2.24, 2.45) is 4.99 Å². The van der Waals surface area contributed by atoms with Gasteiger partial charge in [0.1, 0.15) is 0 Å². The molecule has 1 aliphatic rings. The molecule has 1 atom stereocenters. The predicted molar refractivity (Wildman–Crippen MR) is 122 cm³/mol. The highest BCUT2D eigenvalue weighted by molar-refractivity contribution is 14.0. The highest BCUT2D eigenvalue weighted by Crippen LogP contribution is 2.09. The topological polar surface area (TPSA) is 72.7 Å². The van der Waals surface area contributed by atoms with Gasteiger partial charge in [-0.2, -0.15) is 5.10 Å². The van der Waals surface area contributed by atoms with E-state index in [1.54, 1.807) is 13.2 Å². The zero-order chi connectivity index (χ0) is 18.7. The molecule has 28 heavy (non-hydrogen) atoms. The summed E-state index contributed by atoms with van der Waals surface area (Å²) >= 11 is 0. The van der Waals surface area contributed by atoms with Gasteiger partial charge in [0.15, 0.2) is 5.96 Å². The van der Waals surface area contributed by atoms with Crippen molar-refractivity contribution in [1.29, 1.82) is 0 Å². The van der Waals surface area contributed by atoms with E-state index < -0.39 is 0 Å². The summed E-state index contributed by atoms with van der Waals surface area (Å²) in [5, 5.41) is 10.9. The van der Waals surface area contributed by atoms with Crippen LogP contribution in [-0.2, 0) is 15.9 Å². The van der Waals surface area contributed by atoms with Crippen LogP contribution in [-0.4, -0.2) is 61.8 Å². The third kappa shape index (κ3) is 7.40. The third-order valence-corrected chi connectivity index (χ3v) is 4.49. The number of benzene rings is 1. The molecule has 1 aliphatic heterocycles. The summed E-state index contributed by atoms with van der Waals surface area (Å²) in [7, 11) is 1.79. The van der Waals surface area contributed by atoms with Crippen molar-refractivity contribution in [1.82, 2.24) is 20.4 Å². The average Bonchev–Trinajstić information content (AvgIpc) is 3.41. The van der Waals surface area contributed by atoms with E-state index in [-0.39, 0.29) is 30.1 Å². The Hall–Kier alpha value is -1.65. The lowest BCUT2D eigenvalue weighted by molar-refractivity contribution is 0.0420. The van der Waals surface area contributed by atoms with Gasteiger partial charge in [0.25, 0.3) is 0 Å². The summed E-state index contributed by atoms with van der Waals surface area (Å²) < 4.78 is 12.9. The highest BCUT2D eigenvalue weighted by Gasteiger charge is 2.15. The lowest BCUT2D eigenvalue weighted by Crippen LogP contribution is -2.39. The number of halogens is 1. The minimum absolute atomic E-state index is 0. The number of aliphatic imine (C=N–C) groups is 1. The molecule has 3 rings (SSSR count). The van der Waals surface area contributed by atoms with Crippen molar-refractivity contribution in [3.8, 4) is 5.69 Å². The van der Waals surface area contributed by atoms with E-state index in [0.29, 0.717) is 0 Å². The highest BCUT2D eigenvalue weighted by atomic mass is 127. The second kappa shape index (κ2) is 12.7. The van der Waals surface area contributed by atoms with Crippen LogP contribution < -0.4 is 10.6 Å². The number of nitrogens with one attached hydrogen (secondary N) is 2. The lowest BCUT2D eigenvalue weighted by Gasteiger charge is -2.13. The summed E-state index contributed by atoms with van der Waals surface area (Å²) in [6.45, 7) is 3.98. The molecule has 8 heteroatoms. The molecule has 0 aliphatic carbocycles. The Morgan fingerprint density at radius 3 is 2.79 bits per heavy atom. The minimum atomic E-state index is 0. The van der Waals surface area contributed by atoms with Crippen molar-refractivity contribution in [2.75, 3.05) is 40.0 Å². The van der Waals surface area contributed by atoms with E-state index in [1.165, 1.54) is 5.56 Å². The zero-order valence-corrected chi connectivity index (χ0v) is 18.7. The Balaban J connectivity index is 0.00000280. The molecule has 2 heterocycles. The molecular weight excluding hydrogens is 469 g/mol. The van der Waals surface area contributed by atoms with Crippen LogP contribution in [0.25, 0.3) is 5.69 Å². The van der Waals surface area contributed by atoms with Gasteiger partial charge in [-0.25, -0.2) is 4.68 Å². The zero-order valence-electron chi connectivity index (χ0n) is 16.3. The number of guanidine groups is 1. The van der Waals surface area contributed by atoms with E-state index >= 15 is 0 Å². The van der Waals surface area contributed by atoms with Crippen molar-refractivity contribution in [3.05, 3.63) is 48.3 Å². The normalized spacial score (nSPS) is 16.6. The van der Waals surface area contributed by atoms with Crippen LogP contribution in [0.15, 0.2) is 47.7 Å². The molecule has 7 nitrogen and oxygen atoms in total. The Kier molecular flexibility index (Phi) is 10.3.